The number of terminal acetylenes is 1. The monoisotopic (exact) mass is 221 g/mol. The maximum atomic E-state index is 11.9. The predicted molar refractivity (Wildman–Crippen MR) is 64.1 cm³/mol. The van der Waals surface area contributed by atoms with E-state index in [0.717, 1.165) is 11.3 Å². The minimum Gasteiger partial charge on any atom is -0.327 e. The number of aryl methyl sites for hydroxylation is 1. The van der Waals surface area contributed by atoms with Gasteiger partial charge < -0.3 is 4.90 Å². The minimum atomic E-state index is 0.0418. The van der Waals surface area contributed by atoms with Gasteiger partial charge >= 0.3 is 0 Å². The Morgan fingerprint density at radius 2 is 2.27 bits per heavy atom. The third kappa shape index (κ3) is 2.84. The first-order valence-electron chi connectivity index (χ1n) is 5.04. The number of nitrogens with zero attached hydrogens (tertiary/aromatic N) is 1. The van der Waals surface area contributed by atoms with Gasteiger partial charge in [-0.1, -0.05) is 12.8 Å². The number of carbonyl (C=O) groups is 1. The first kappa shape index (κ1) is 11.8. The summed E-state index contributed by atoms with van der Waals surface area (Å²) in [5, 5.41) is 0. The van der Waals surface area contributed by atoms with Crippen molar-refractivity contribution in [1.82, 2.24) is 4.90 Å². The molecule has 2 nitrogen and oxygen atoms in total. The molecule has 0 aliphatic rings. The molecule has 80 valence electrons. The van der Waals surface area contributed by atoms with Crippen LogP contribution in [0.4, 0.5) is 0 Å². The van der Waals surface area contributed by atoms with Gasteiger partial charge in [-0.05, 0) is 25.5 Å². The fourth-order valence-electron chi connectivity index (χ4n) is 1.28. The van der Waals surface area contributed by atoms with Crippen molar-refractivity contribution in [3.63, 3.8) is 0 Å². The molecule has 1 rings (SSSR count). The minimum absolute atomic E-state index is 0.0418. The standard InChI is InChI=1S/C12H15NOS/c1-4-9-13(6-3)12(14)11-8-7-10(5-2)15-11/h1,7-8H,5-6,9H2,2-3H3. The quantitative estimate of drug-likeness (QED) is 0.715. The van der Waals surface area contributed by atoms with Crippen LogP contribution in [0.15, 0.2) is 12.1 Å². The van der Waals surface area contributed by atoms with Gasteiger partial charge in [0, 0.05) is 11.4 Å². The van der Waals surface area contributed by atoms with Gasteiger partial charge in [-0.3, -0.25) is 4.79 Å². The highest BCUT2D eigenvalue weighted by Crippen LogP contribution is 2.18. The average Bonchev–Trinajstić information content (AvgIpc) is 2.73. The van der Waals surface area contributed by atoms with Crippen LogP contribution >= 0.6 is 11.3 Å². The van der Waals surface area contributed by atoms with E-state index in [-0.39, 0.29) is 5.91 Å². The van der Waals surface area contributed by atoms with E-state index < -0.39 is 0 Å². The average molecular weight is 221 g/mol. The smallest absolute Gasteiger partial charge is 0.264 e. The van der Waals surface area contributed by atoms with Crippen molar-refractivity contribution < 1.29 is 4.79 Å². The molecule has 1 heterocycles. The van der Waals surface area contributed by atoms with E-state index in [9.17, 15) is 4.79 Å². The lowest BCUT2D eigenvalue weighted by Crippen LogP contribution is -2.30. The zero-order valence-corrected chi connectivity index (χ0v) is 9.93. The van der Waals surface area contributed by atoms with E-state index in [4.69, 9.17) is 6.42 Å². The van der Waals surface area contributed by atoms with Gasteiger partial charge in [0.15, 0.2) is 0 Å². The molecular weight excluding hydrogens is 206 g/mol. The summed E-state index contributed by atoms with van der Waals surface area (Å²) in [6.07, 6.45) is 6.18. The van der Waals surface area contributed by atoms with Gasteiger partial charge in [-0.2, -0.15) is 0 Å². The fourth-order valence-corrected chi connectivity index (χ4v) is 2.19. The van der Waals surface area contributed by atoms with Crippen LogP contribution in [0.2, 0.25) is 0 Å². The maximum Gasteiger partial charge on any atom is 0.264 e. The molecule has 3 heteroatoms. The summed E-state index contributed by atoms with van der Waals surface area (Å²) in [6, 6.07) is 3.88. The Morgan fingerprint density at radius 1 is 1.53 bits per heavy atom. The maximum absolute atomic E-state index is 11.9. The molecule has 0 atom stereocenters. The van der Waals surface area contributed by atoms with Crippen LogP contribution in [-0.4, -0.2) is 23.9 Å². The number of amides is 1. The number of hydrogen-bond donors (Lipinski definition) is 0. The van der Waals surface area contributed by atoms with E-state index >= 15 is 0 Å². The Hall–Kier alpha value is -1.27. The molecule has 0 unspecified atom stereocenters. The highest BCUT2D eigenvalue weighted by Gasteiger charge is 2.14. The van der Waals surface area contributed by atoms with Crippen molar-refractivity contribution >= 4 is 17.2 Å². The van der Waals surface area contributed by atoms with Crippen molar-refractivity contribution in [2.75, 3.05) is 13.1 Å². The van der Waals surface area contributed by atoms with Crippen molar-refractivity contribution in [1.29, 1.82) is 0 Å². The van der Waals surface area contributed by atoms with E-state index in [1.165, 1.54) is 4.88 Å². The van der Waals surface area contributed by atoms with Crippen LogP contribution in [0.5, 0.6) is 0 Å². The summed E-state index contributed by atoms with van der Waals surface area (Å²) in [5.74, 6) is 2.54. The zero-order valence-electron chi connectivity index (χ0n) is 9.12. The lowest BCUT2D eigenvalue weighted by atomic mass is 10.3. The third-order valence-electron chi connectivity index (χ3n) is 2.17. The molecule has 0 aliphatic heterocycles. The van der Waals surface area contributed by atoms with Crippen molar-refractivity contribution in [3.05, 3.63) is 21.9 Å². The van der Waals surface area contributed by atoms with E-state index in [0.29, 0.717) is 13.1 Å². The van der Waals surface area contributed by atoms with Gasteiger partial charge in [0.25, 0.3) is 5.91 Å². The fraction of sp³-hybridized carbons (Fsp3) is 0.417. The van der Waals surface area contributed by atoms with Crippen LogP contribution in [0.25, 0.3) is 0 Å². The van der Waals surface area contributed by atoms with E-state index in [1.807, 2.05) is 19.1 Å². The summed E-state index contributed by atoms with van der Waals surface area (Å²) < 4.78 is 0. The van der Waals surface area contributed by atoms with Gasteiger partial charge in [-0.25, -0.2) is 0 Å². The molecule has 0 fully saturated rings. The van der Waals surface area contributed by atoms with Gasteiger partial charge in [0.2, 0.25) is 0 Å². The Labute approximate surface area is 94.9 Å². The molecule has 0 aromatic carbocycles. The Kier molecular flexibility index (Phi) is 4.38. The summed E-state index contributed by atoms with van der Waals surface area (Å²) >= 11 is 1.55. The summed E-state index contributed by atoms with van der Waals surface area (Å²) in [7, 11) is 0. The van der Waals surface area contributed by atoms with Crippen LogP contribution in [-0.2, 0) is 6.42 Å². The van der Waals surface area contributed by atoms with E-state index in [1.54, 1.807) is 16.2 Å². The number of carbonyl (C=O) groups excluding carboxylic acids is 1. The SMILES string of the molecule is C#CCN(CC)C(=O)c1ccc(CC)s1. The first-order valence-corrected chi connectivity index (χ1v) is 5.86. The molecule has 0 bridgehead atoms. The molecule has 1 aromatic rings. The normalized spacial score (nSPS) is 9.67. The summed E-state index contributed by atoms with van der Waals surface area (Å²) in [6.45, 7) is 5.06. The zero-order chi connectivity index (χ0) is 11.3. The molecule has 0 aliphatic carbocycles. The number of thiophene rings is 1. The van der Waals surface area contributed by atoms with Gasteiger partial charge in [0.1, 0.15) is 0 Å². The highest BCUT2D eigenvalue weighted by atomic mass is 32.1. The Balaban J connectivity index is 2.79. The van der Waals surface area contributed by atoms with Gasteiger partial charge in [-0.15, -0.1) is 17.8 Å². The molecule has 0 radical (unpaired) electrons. The second-order valence-electron chi connectivity index (χ2n) is 3.14. The second kappa shape index (κ2) is 5.57. The molecule has 0 saturated heterocycles. The van der Waals surface area contributed by atoms with Crippen molar-refractivity contribution in [2.45, 2.75) is 20.3 Å². The lowest BCUT2D eigenvalue weighted by Gasteiger charge is -2.16. The largest absolute Gasteiger partial charge is 0.327 e. The molecule has 15 heavy (non-hydrogen) atoms. The number of hydrogen-bond acceptors (Lipinski definition) is 2. The van der Waals surface area contributed by atoms with Crippen LogP contribution < -0.4 is 0 Å². The lowest BCUT2D eigenvalue weighted by molar-refractivity contribution is 0.0789. The molecule has 1 amide bonds. The van der Waals surface area contributed by atoms with Gasteiger partial charge in [0.05, 0.1) is 11.4 Å². The Morgan fingerprint density at radius 3 is 2.73 bits per heavy atom. The topological polar surface area (TPSA) is 20.3 Å². The second-order valence-corrected chi connectivity index (χ2v) is 4.31. The van der Waals surface area contributed by atoms with Crippen molar-refractivity contribution in [3.8, 4) is 12.3 Å². The summed E-state index contributed by atoms with van der Waals surface area (Å²) in [5.41, 5.74) is 0. The van der Waals surface area contributed by atoms with Crippen molar-refractivity contribution in [2.24, 2.45) is 0 Å². The molecule has 0 saturated carbocycles. The molecule has 1 aromatic heterocycles. The Bertz CT molecular complexity index is 375. The summed E-state index contributed by atoms with van der Waals surface area (Å²) in [4.78, 5) is 15.6. The van der Waals surface area contributed by atoms with Crippen LogP contribution in [0.1, 0.15) is 28.4 Å². The van der Waals surface area contributed by atoms with E-state index in [2.05, 4.69) is 12.8 Å². The molecule has 0 spiro atoms. The van der Waals surface area contributed by atoms with Crippen LogP contribution in [0.3, 0.4) is 0 Å². The molecule has 0 N–H and O–H groups in total. The number of rotatable bonds is 4. The predicted octanol–water partition coefficient (Wildman–Crippen LogP) is 2.41. The first-order chi connectivity index (χ1) is 7.22. The third-order valence-corrected chi connectivity index (χ3v) is 3.39. The highest BCUT2D eigenvalue weighted by molar-refractivity contribution is 7.14. The molecular formula is C12H15NOS. The van der Waals surface area contributed by atoms with Crippen LogP contribution in [0, 0.1) is 12.3 Å².